The Morgan fingerprint density at radius 3 is 2.53 bits per heavy atom. The summed E-state index contributed by atoms with van der Waals surface area (Å²) in [6, 6.07) is 5.97. The predicted octanol–water partition coefficient (Wildman–Crippen LogP) is 4.16. The number of aryl methyl sites for hydroxylation is 1. The van der Waals surface area contributed by atoms with Gasteiger partial charge in [0, 0.05) is 18.5 Å². The highest BCUT2D eigenvalue weighted by Gasteiger charge is 2.73. The van der Waals surface area contributed by atoms with Crippen molar-refractivity contribution in [3.63, 3.8) is 0 Å². The first-order valence-electron chi connectivity index (χ1n) is 11.8. The molecule has 1 aromatic carbocycles. The van der Waals surface area contributed by atoms with Crippen LogP contribution in [0, 0.1) is 16.7 Å². The van der Waals surface area contributed by atoms with E-state index in [0.29, 0.717) is 30.7 Å². The van der Waals surface area contributed by atoms with Gasteiger partial charge < -0.3 is 9.29 Å². The Hall–Kier alpha value is -1.11. The SMILES string of the molecule is C[C@]12CC[C@@H]3c4ccc(OS(=O)(=O)N5CCCC5)cc4CC[C@H]3C13CCC2(O)CC3. The van der Waals surface area contributed by atoms with E-state index in [-0.39, 0.29) is 10.8 Å². The molecule has 164 valence electrons. The molecule has 5 nitrogen and oxygen atoms in total. The van der Waals surface area contributed by atoms with Gasteiger partial charge in [-0.15, -0.1) is 0 Å². The largest absolute Gasteiger partial charge is 0.389 e. The van der Waals surface area contributed by atoms with Crippen LogP contribution in [0.3, 0.4) is 0 Å². The Kier molecular flexibility index (Phi) is 4.06. The lowest BCUT2D eigenvalue weighted by atomic mass is 9.48. The van der Waals surface area contributed by atoms with Crippen molar-refractivity contribution < 1.29 is 17.7 Å². The molecule has 1 N–H and O–H groups in total. The van der Waals surface area contributed by atoms with Gasteiger partial charge in [0.05, 0.1) is 5.60 Å². The molecule has 4 fully saturated rings. The Bertz CT molecular complexity index is 975. The van der Waals surface area contributed by atoms with Gasteiger partial charge >= 0.3 is 10.3 Å². The molecule has 1 heterocycles. The van der Waals surface area contributed by atoms with Crippen molar-refractivity contribution in [3.8, 4) is 5.75 Å². The Morgan fingerprint density at radius 1 is 1.07 bits per heavy atom. The van der Waals surface area contributed by atoms with Crippen molar-refractivity contribution in [2.75, 3.05) is 13.1 Å². The van der Waals surface area contributed by atoms with Crippen LogP contribution in [-0.4, -0.2) is 36.5 Å². The number of fused-ring (bicyclic) bond motifs is 3. The third kappa shape index (κ3) is 2.39. The average molecular weight is 432 g/mol. The van der Waals surface area contributed by atoms with Gasteiger partial charge in [-0.3, -0.25) is 0 Å². The zero-order chi connectivity index (χ0) is 20.8. The molecule has 0 unspecified atom stereocenters. The predicted molar refractivity (Wildman–Crippen MR) is 115 cm³/mol. The monoisotopic (exact) mass is 431 g/mol. The maximum absolute atomic E-state index is 12.6. The molecular formula is C24H33NO4S. The number of aliphatic hydroxyl groups is 1. The van der Waals surface area contributed by atoms with E-state index >= 15 is 0 Å². The van der Waals surface area contributed by atoms with Crippen LogP contribution in [0.1, 0.15) is 81.8 Å². The first-order chi connectivity index (χ1) is 14.3. The van der Waals surface area contributed by atoms with Gasteiger partial charge in [0.15, 0.2) is 0 Å². The van der Waals surface area contributed by atoms with Gasteiger partial charge in [0.2, 0.25) is 0 Å². The average Bonchev–Trinajstić information content (AvgIpc) is 3.39. The van der Waals surface area contributed by atoms with Gasteiger partial charge in [-0.25, -0.2) is 0 Å². The van der Waals surface area contributed by atoms with E-state index < -0.39 is 15.9 Å². The summed E-state index contributed by atoms with van der Waals surface area (Å²) in [6.45, 7) is 3.49. The molecule has 30 heavy (non-hydrogen) atoms. The van der Waals surface area contributed by atoms with E-state index in [9.17, 15) is 13.5 Å². The van der Waals surface area contributed by atoms with Crippen LogP contribution >= 0.6 is 0 Å². The number of hydrogen-bond donors (Lipinski definition) is 1. The fourth-order valence-electron chi connectivity index (χ4n) is 8.43. The molecule has 5 aliphatic rings. The minimum atomic E-state index is -3.69. The second kappa shape index (κ2) is 6.23. The van der Waals surface area contributed by atoms with Crippen molar-refractivity contribution in [2.45, 2.75) is 82.7 Å². The molecule has 2 bridgehead atoms. The third-order valence-corrected chi connectivity index (χ3v) is 11.5. The second-order valence-electron chi connectivity index (χ2n) is 10.8. The fourth-order valence-corrected chi connectivity index (χ4v) is 9.59. The van der Waals surface area contributed by atoms with Gasteiger partial charge in [-0.2, -0.15) is 12.7 Å². The smallest absolute Gasteiger partial charge is 0.385 e. The molecule has 1 aromatic rings. The van der Waals surface area contributed by atoms with E-state index in [2.05, 4.69) is 13.0 Å². The molecule has 0 radical (unpaired) electrons. The first-order valence-corrected chi connectivity index (χ1v) is 13.2. The molecule has 4 aliphatic carbocycles. The molecule has 0 spiro atoms. The van der Waals surface area contributed by atoms with Gasteiger partial charge in [0.1, 0.15) is 5.75 Å². The summed E-state index contributed by atoms with van der Waals surface area (Å²) < 4.78 is 32.1. The van der Waals surface area contributed by atoms with E-state index in [1.165, 1.54) is 28.3 Å². The maximum Gasteiger partial charge on any atom is 0.385 e. The second-order valence-corrected chi connectivity index (χ2v) is 12.4. The Labute approximate surface area is 180 Å². The molecule has 1 aliphatic heterocycles. The van der Waals surface area contributed by atoms with E-state index in [1.807, 2.05) is 12.1 Å². The molecule has 6 rings (SSSR count). The van der Waals surface area contributed by atoms with Crippen LogP contribution < -0.4 is 4.18 Å². The van der Waals surface area contributed by atoms with Crippen molar-refractivity contribution in [1.82, 2.24) is 4.31 Å². The summed E-state index contributed by atoms with van der Waals surface area (Å²) >= 11 is 0. The molecule has 0 amide bonds. The molecule has 0 aromatic heterocycles. The lowest BCUT2D eigenvalue weighted by Crippen LogP contribution is -2.51. The number of benzene rings is 1. The van der Waals surface area contributed by atoms with Crippen LogP contribution in [0.5, 0.6) is 5.75 Å². The summed E-state index contributed by atoms with van der Waals surface area (Å²) in [5.74, 6) is 1.63. The minimum absolute atomic E-state index is 0.0749. The summed E-state index contributed by atoms with van der Waals surface area (Å²) in [5, 5.41) is 11.3. The minimum Gasteiger partial charge on any atom is -0.389 e. The lowest BCUT2D eigenvalue weighted by Gasteiger charge is -2.56. The standard InChI is InChI=1S/C24H33NO4S/c1-22-9-8-20-19-6-5-18(29-30(27,28)25-14-2-3-15-25)16-17(19)4-7-21(20)23(22)10-12-24(22,26)13-11-23/h5-6,16,20-21,26H,2-4,7-15H2,1H3/t20-,21-,22+,23?,24?/m1/s1. The topological polar surface area (TPSA) is 66.8 Å². The quantitative estimate of drug-likeness (QED) is 0.780. The van der Waals surface area contributed by atoms with Crippen molar-refractivity contribution in [1.29, 1.82) is 0 Å². The third-order valence-electron chi connectivity index (χ3n) is 10.1. The maximum atomic E-state index is 12.6. The zero-order valence-electron chi connectivity index (χ0n) is 17.9. The van der Waals surface area contributed by atoms with E-state index in [1.54, 1.807) is 0 Å². The van der Waals surface area contributed by atoms with Gasteiger partial charge in [-0.05, 0) is 105 Å². The first kappa shape index (κ1) is 19.6. The highest BCUT2D eigenvalue weighted by atomic mass is 32.2. The van der Waals surface area contributed by atoms with E-state index in [4.69, 9.17) is 4.18 Å². The summed E-state index contributed by atoms with van der Waals surface area (Å²) in [6.07, 6.45) is 10.5. The Morgan fingerprint density at radius 2 is 1.80 bits per heavy atom. The van der Waals surface area contributed by atoms with E-state index in [0.717, 1.165) is 51.4 Å². The number of nitrogens with zero attached hydrogens (tertiary/aromatic N) is 1. The van der Waals surface area contributed by atoms with Gasteiger partial charge in [0.25, 0.3) is 0 Å². The molecule has 6 heteroatoms. The van der Waals surface area contributed by atoms with Crippen LogP contribution in [0.25, 0.3) is 0 Å². The molecule has 3 atom stereocenters. The van der Waals surface area contributed by atoms with Gasteiger partial charge in [-0.1, -0.05) is 13.0 Å². The molecule has 1 saturated heterocycles. The van der Waals surface area contributed by atoms with Crippen LogP contribution in [0.15, 0.2) is 18.2 Å². The summed E-state index contributed by atoms with van der Waals surface area (Å²) in [5.41, 5.74) is 2.58. The number of rotatable bonds is 3. The van der Waals surface area contributed by atoms with Crippen LogP contribution in [-0.2, 0) is 16.7 Å². The highest BCUT2D eigenvalue weighted by Crippen LogP contribution is 2.77. The van der Waals surface area contributed by atoms with Crippen molar-refractivity contribution in [2.24, 2.45) is 16.7 Å². The van der Waals surface area contributed by atoms with Crippen molar-refractivity contribution in [3.05, 3.63) is 29.3 Å². The normalized spacial score (nSPS) is 42.6. The van der Waals surface area contributed by atoms with Crippen LogP contribution in [0.2, 0.25) is 0 Å². The van der Waals surface area contributed by atoms with Crippen LogP contribution in [0.4, 0.5) is 0 Å². The highest BCUT2D eigenvalue weighted by molar-refractivity contribution is 7.84. The zero-order valence-corrected chi connectivity index (χ0v) is 18.7. The lowest BCUT2D eigenvalue weighted by molar-refractivity contribution is -0.101. The van der Waals surface area contributed by atoms with Crippen molar-refractivity contribution >= 4 is 10.3 Å². The fraction of sp³-hybridized carbons (Fsp3) is 0.750. The molecular weight excluding hydrogens is 398 g/mol. The summed E-state index contributed by atoms with van der Waals surface area (Å²) in [7, 11) is -3.69. The Balaban J connectivity index is 1.29. The molecule has 3 saturated carbocycles. The number of hydrogen-bond acceptors (Lipinski definition) is 4. The summed E-state index contributed by atoms with van der Waals surface area (Å²) in [4.78, 5) is 0.